The third kappa shape index (κ3) is 6.09. The van der Waals surface area contributed by atoms with E-state index in [9.17, 15) is 5.11 Å². The van der Waals surface area contributed by atoms with Crippen molar-refractivity contribution in [3.63, 3.8) is 0 Å². The zero-order valence-electron chi connectivity index (χ0n) is 20.6. The number of thiazole rings is 1. The number of hydrogen-bond acceptors (Lipinski definition) is 5. The molecule has 1 aromatic heterocycles. The largest absolute Gasteiger partial charge is 0.507 e. The molecule has 1 N–H and O–H groups in total. The van der Waals surface area contributed by atoms with Gasteiger partial charge in [0.2, 0.25) is 0 Å². The molecule has 1 aliphatic rings. The lowest BCUT2D eigenvalue weighted by Crippen LogP contribution is -2.46. The van der Waals surface area contributed by atoms with E-state index in [0.29, 0.717) is 5.75 Å². The quantitative estimate of drug-likeness (QED) is 0.592. The third-order valence-corrected chi connectivity index (χ3v) is 7.06. The summed E-state index contributed by atoms with van der Waals surface area (Å²) in [6.45, 7) is 22.0. The number of aromatic hydroxyl groups is 1. The van der Waals surface area contributed by atoms with Gasteiger partial charge in [-0.25, -0.2) is 4.98 Å². The molecule has 2 aromatic rings. The van der Waals surface area contributed by atoms with Gasteiger partial charge in [-0.3, -0.25) is 4.90 Å². The average Bonchev–Trinajstić information content (AvgIpc) is 3.14. The van der Waals surface area contributed by atoms with Gasteiger partial charge in [-0.2, -0.15) is 0 Å². The van der Waals surface area contributed by atoms with Crippen molar-refractivity contribution in [3.05, 3.63) is 33.6 Å². The van der Waals surface area contributed by atoms with Crippen LogP contribution >= 0.6 is 11.3 Å². The summed E-state index contributed by atoms with van der Waals surface area (Å²) >= 11 is 1.75. The van der Waals surface area contributed by atoms with Crippen molar-refractivity contribution in [2.75, 3.05) is 32.7 Å². The fourth-order valence-corrected chi connectivity index (χ4v) is 5.03. The lowest BCUT2D eigenvalue weighted by atomic mass is 9.78. The fraction of sp³-hybridized carbons (Fsp3) is 0.654. The molecular formula is C26H41N3OS. The number of piperazine rings is 1. The average molecular weight is 444 g/mol. The molecule has 0 radical (unpaired) electrons. The molecule has 4 nitrogen and oxygen atoms in total. The zero-order chi connectivity index (χ0) is 22.8. The maximum absolute atomic E-state index is 11.0. The molecule has 1 saturated heterocycles. The molecule has 0 unspecified atom stereocenters. The van der Waals surface area contributed by atoms with E-state index in [1.807, 2.05) is 0 Å². The van der Waals surface area contributed by atoms with Crippen LogP contribution in [0.15, 0.2) is 17.5 Å². The molecule has 0 atom stereocenters. The second-order valence-corrected chi connectivity index (χ2v) is 12.0. The Kier molecular flexibility index (Phi) is 7.50. The predicted molar refractivity (Wildman–Crippen MR) is 133 cm³/mol. The monoisotopic (exact) mass is 443 g/mol. The SMILES string of the molecule is CCCCN1CCN(Cc2nc(-c3cc(C(C)(C)C)c(O)c(C(C)(C)C)c3)cs2)CC1. The van der Waals surface area contributed by atoms with Gasteiger partial charge in [0.25, 0.3) is 0 Å². The second kappa shape index (κ2) is 9.60. The number of benzene rings is 1. The first-order valence-corrected chi connectivity index (χ1v) is 12.6. The number of phenols is 1. The van der Waals surface area contributed by atoms with Crippen molar-refractivity contribution >= 4 is 11.3 Å². The number of nitrogens with zero attached hydrogens (tertiary/aromatic N) is 3. The van der Waals surface area contributed by atoms with Gasteiger partial charge in [0, 0.05) is 48.2 Å². The van der Waals surface area contributed by atoms with Gasteiger partial charge in [-0.05, 0) is 35.9 Å². The Hall–Kier alpha value is -1.43. The summed E-state index contributed by atoms with van der Waals surface area (Å²) in [5.74, 6) is 0.431. The maximum atomic E-state index is 11.0. The summed E-state index contributed by atoms with van der Waals surface area (Å²) in [6, 6.07) is 4.27. The van der Waals surface area contributed by atoms with Crippen molar-refractivity contribution < 1.29 is 5.11 Å². The number of aromatic nitrogens is 1. The van der Waals surface area contributed by atoms with Gasteiger partial charge in [0.15, 0.2) is 0 Å². The number of hydrogen-bond donors (Lipinski definition) is 1. The van der Waals surface area contributed by atoms with Gasteiger partial charge >= 0.3 is 0 Å². The molecule has 0 amide bonds. The predicted octanol–water partition coefficient (Wildman–Crippen LogP) is 6.03. The van der Waals surface area contributed by atoms with Crippen molar-refractivity contribution in [1.82, 2.24) is 14.8 Å². The summed E-state index contributed by atoms with van der Waals surface area (Å²) in [6.07, 6.45) is 2.57. The minimum Gasteiger partial charge on any atom is -0.507 e. The first-order valence-electron chi connectivity index (χ1n) is 11.8. The van der Waals surface area contributed by atoms with Crippen LogP contribution < -0.4 is 0 Å². The number of rotatable bonds is 6. The Morgan fingerprint density at radius 3 is 2.00 bits per heavy atom. The number of phenolic OH excluding ortho intramolecular Hbond substituents is 1. The van der Waals surface area contributed by atoms with E-state index >= 15 is 0 Å². The van der Waals surface area contributed by atoms with E-state index in [1.54, 1.807) is 11.3 Å². The Morgan fingerprint density at radius 1 is 0.935 bits per heavy atom. The molecule has 1 aliphatic heterocycles. The highest BCUT2D eigenvalue weighted by Gasteiger charge is 2.27. The molecule has 31 heavy (non-hydrogen) atoms. The highest BCUT2D eigenvalue weighted by Crippen LogP contribution is 2.42. The van der Waals surface area contributed by atoms with E-state index in [4.69, 9.17) is 4.98 Å². The highest BCUT2D eigenvalue weighted by molar-refractivity contribution is 7.09. The van der Waals surface area contributed by atoms with Gasteiger partial charge < -0.3 is 10.0 Å². The third-order valence-electron chi connectivity index (χ3n) is 6.23. The van der Waals surface area contributed by atoms with E-state index in [2.05, 4.69) is 75.8 Å². The van der Waals surface area contributed by atoms with Gasteiger partial charge in [-0.15, -0.1) is 11.3 Å². The van der Waals surface area contributed by atoms with Gasteiger partial charge in [-0.1, -0.05) is 54.9 Å². The molecule has 2 heterocycles. The Morgan fingerprint density at radius 2 is 1.48 bits per heavy atom. The molecule has 0 bridgehead atoms. The van der Waals surface area contributed by atoms with Crippen LogP contribution in [-0.2, 0) is 17.4 Å². The van der Waals surface area contributed by atoms with Crippen LogP contribution in [0.1, 0.15) is 77.4 Å². The van der Waals surface area contributed by atoms with Crippen LogP contribution in [0, 0.1) is 0 Å². The highest BCUT2D eigenvalue weighted by atomic mass is 32.1. The van der Waals surface area contributed by atoms with Crippen molar-refractivity contribution in [3.8, 4) is 17.0 Å². The molecule has 0 spiro atoms. The lowest BCUT2D eigenvalue weighted by Gasteiger charge is -2.34. The van der Waals surface area contributed by atoms with Crippen LogP contribution in [0.2, 0.25) is 0 Å². The molecule has 0 saturated carbocycles. The van der Waals surface area contributed by atoms with E-state index in [0.717, 1.165) is 42.0 Å². The smallest absolute Gasteiger partial charge is 0.123 e. The van der Waals surface area contributed by atoms with E-state index < -0.39 is 0 Å². The molecule has 1 fully saturated rings. The van der Waals surface area contributed by atoms with Gasteiger partial charge in [0.1, 0.15) is 10.8 Å². The molecular weight excluding hydrogens is 402 g/mol. The summed E-state index contributed by atoms with van der Waals surface area (Å²) in [5, 5.41) is 14.4. The normalized spacial score (nSPS) is 16.7. The van der Waals surface area contributed by atoms with E-state index in [1.165, 1.54) is 37.5 Å². The zero-order valence-corrected chi connectivity index (χ0v) is 21.4. The van der Waals surface area contributed by atoms with Crippen LogP contribution in [0.5, 0.6) is 5.75 Å². The fourth-order valence-electron chi connectivity index (χ4n) is 4.19. The van der Waals surface area contributed by atoms with Crippen LogP contribution in [0.25, 0.3) is 11.3 Å². The number of unbranched alkanes of at least 4 members (excludes halogenated alkanes) is 1. The minimum atomic E-state index is -0.129. The van der Waals surface area contributed by atoms with Crippen LogP contribution in [0.3, 0.4) is 0 Å². The summed E-state index contributed by atoms with van der Waals surface area (Å²) < 4.78 is 0. The van der Waals surface area contributed by atoms with Gasteiger partial charge in [0.05, 0.1) is 12.2 Å². The summed E-state index contributed by atoms with van der Waals surface area (Å²) in [4.78, 5) is 10.1. The first-order chi connectivity index (χ1) is 14.5. The maximum Gasteiger partial charge on any atom is 0.123 e. The standard InChI is InChI=1S/C26H41N3OS/c1-8-9-10-28-11-13-29(14-12-28)17-23-27-22(18-31-23)19-15-20(25(2,3)4)24(30)21(16-19)26(5,6)7/h15-16,18,30H,8-14,17H2,1-7H3. The Balaban J connectivity index is 1.78. The Bertz CT molecular complexity index is 833. The molecule has 1 aromatic carbocycles. The first kappa shape index (κ1) is 24.2. The van der Waals surface area contributed by atoms with Crippen molar-refractivity contribution in [2.24, 2.45) is 0 Å². The second-order valence-electron chi connectivity index (χ2n) is 11.0. The van der Waals surface area contributed by atoms with Crippen LogP contribution in [0.4, 0.5) is 0 Å². The lowest BCUT2D eigenvalue weighted by molar-refractivity contribution is 0.126. The molecule has 0 aliphatic carbocycles. The molecule has 3 rings (SSSR count). The Labute approximate surface area is 193 Å². The van der Waals surface area contributed by atoms with E-state index in [-0.39, 0.29) is 10.8 Å². The summed E-state index contributed by atoms with van der Waals surface area (Å²) in [5.41, 5.74) is 3.87. The minimum absolute atomic E-state index is 0.129. The van der Waals surface area contributed by atoms with Crippen molar-refractivity contribution in [2.45, 2.75) is 78.7 Å². The van der Waals surface area contributed by atoms with Crippen molar-refractivity contribution in [1.29, 1.82) is 0 Å². The molecule has 172 valence electrons. The topological polar surface area (TPSA) is 39.6 Å². The van der Waals surface area contributed by atoms with Crippen LogP contribution in [-0.4, -0.2) is 52.6 Å². The molecule has 5 heteroatoms. The summed E-state index contributed by atoms with van der Waals surface area (Å²) in [7, 11) is 0.